The number of hydrogen-bond donors (Lipinski definition) is 1. The molecule has 1 aromatic heterocycles. The van der Waals surface area contributed by atoms with Crippen LogP contribution >= 0.6 is 11.8 Å². The Kier molecular flexibility index (Phi) is 7.19. The van der Waals surface area contributed by atoms with Crippen molar-refractivity contribution in [2.75, 3.05) is 12.3 Å². The van der Waals surface area contributed by atoms with Crippen LogP contribution in [-0.4, -0.2) is 29.1 Å². The zero-order chi connectivity index (χ0) is 18.9. The standard InChI is InChI=1S/C23H24N2OS/c1-18(17-19-9-4-2-5-10-19)24-15-16-27-23-21(13-8-14-25-23)22(26)20-11-6-3-7-12-20/h2-14,18,24H,15-17H2,1H3. The van der Waals surface area contributed by atoms with Crippen molar-refractivity contribution in [1.82, 2.24) is 10.3 Å². The molecule has 0 aliphatic heterocycles. The molecule has 0 aliphatic carbocycles. The van der Waals surface area contributed by atoms with Crippen LogP contribution in [0.25, 0.3) is 0 Å². The number of pyridine rings is 1. The van der Waals surface area contributed by atoms with Crippen LogP contribution in [0.1, 0.15) is 28.4 Å². The summed E-state index contributed by atoms with van der Waals surface area (Å²) >= 11 is 1.62. The van der Waals surface area contributed by atoms with Gasteiger partial charge in [-0.2, -0.15) is 0 Å². The van der Waals surface area contributed by atoms with E-state index >= 15 is 0 Å². The van der Waals surface area contributed by atoms with E-state index in [-0.39, 0.29) is 5.78 Å². The molecule has 0 saturated heterocycles. The van der Waals surface area contributed by atoms with Crippen molar-refractivity contribution in [3.63, 3.8) is 0 Å². The third-order valence-electron chi connectivity index (χ3n) is 4.27. The Hall–Kier alpha value is -2.43. The zero-order valence-corrected chi connectivity index (χ0v) is 16.3. The fourth-order valence-corrected chi connectivity index (χ4v) is 3.78. The van der Waals surface area contributed by atoms with Gasteiger partial charge >= 0.3 is 0 Å². The second kappa shape index (κ2) is 10.0. The van der Waals surface area contributed by atoms with E-state index in [9.17, 15) is 4.79 Å². The number of aromatic nitrogens is 1. The molecule has 1 atom stereocenters. The summed E-state index contributed by atoms with van der Waals surface area (Å²) in [5.74, 6) is 0.891. The van der Waals surface area contributed by atoms with Crippen molar-refractivity contribution in [2.45, 2.75) is 24.4 Å². The summed E-state index contributed by atoms with van der Waals surface area (Å²) in [6, 6.07) is 23.9. The molecule has 0 amide bonds. The lowest BCUT2D eigenvalue weighted by atomic mass is 10.1. The molecule has 0 bridgehead atoms. The molecule has 0 spiro atoms. The van der Waals surface area contributed by atoms with E-state index < -0.39 is 0 Å². The van der Waals surface area contributed by atoms with Gasteiger partial charge in [0.25, 0.3) is 0 Å². The molecule has 27 heavy (non-hydrogen) atoms. The van der Waals surface area contributed by atoms with E-state index in [4.69, 9.17) is 0 Å². The summed E-state index contributed by atoms with van der Waals surface area (Å²) in [6.45, 7) is 3.07. The molecule has 0 saturated carbocycles. The number of thioether (sulfide) groups is 1. The number of hydrogen-bond acceptors (Lipinski definition) is 4. The number of rotatable bonds is 9. The van der Waals surface area contributed by atoms with Gasteiger partial charge in [-0.15, -0.1) is 11.8 Å². The van der Waals surface area contributed by atoms with Gasteiger partial charge in [0, 0.05) is 30.1 Å². The summed E-state index contributed by atoms with van der Waals surface area (Å²) in [6.07, 6.45) is 2.75. The van der Waals surface area contributed by atoms with Gasteiger partial charge in [-0.1, -0.05) is 60.7 Å². The van der Waals surface area contributed by atoms with E-state index in [1.807, 2.05) is 48.5 Å². The first-order valence-electron chi connectivity index (χ1n) is 9.19. The van der Waals surface area contributed by atoms with Crippen LogP contribution in [0.3, 0.4) is 0 Å². The molecule has 3 nitrogen and oxygen atoms in total. The molecule has 3 rings (SSSR count). The average molecular weight is 377 g/mol. The normalized spacial score (nSPS) is 11.9. The van der Waals surface area contributed by atoms with Gasteiger partial charge in [0.1, 0.15) is 5.03 Å². The highest BCUT2D eigenvalue weighted by Gasteiger charge is 2.14. The molecule has 4 heteroatoms. The summed E-state index contributed by atoms with van der Waals surface area (Å²) < 4.78 is 0. The Labute approximate surface area is 165 Å². The van der Waals surface area contributed by atoms with Gasteiger partial charge < -0.3 is 5.32 Å². The molecular weight excluding hydrogens is 352 g/mol. The number of benzene rings is 2. The predicted molar refractivity (Wildman–Crippen MR) is 112 cm³/mol. The first-order valence-corrected chi connectivity index (χ1v) is 10.2. The molecule has 1 unspecified atom stereocenters. The summed E-state index contributed by atoms with van der Waals surface area (Å²) in [4.78, 5) is 17.2. The van der Waals surface area contributed by atoms with Crippen LogP contribution in [-0.2, 0) is 6.42 Å². The first-order chi connectivity index (χ1) is 13.2. The molecule has 1 heterocycles. The fourth-order valence-electron chi connectivity index (χ4n) is 2.92. The largest absolute Gasteiger partial charge is 0.313 e. The van der Waals surface area contributed by atoms with Crippen molar-refractivity contribution >= 4 is 17.5 Å². The summed E-state index contributed by atoms with van der Waals surface area (Å²) in [5, 5.41) is 4.34. The lowest BCUT2D eigenvalue weighted by Crippen LogP contribution is -2.30. The van der Waals surface area contributed by atoms with E-state index in [2.05, 4.69) is 41.5 Å². The molecule has 138 valence electrons. The molecule has 0 fully saturated rings. The summed E-state index contributed by atoms with van der Waals surface area (Å²) in [5.41, 5.74) is 2.71. The van der Waals surface area contributed by atoms with Gasteiger partial charge in [0.15, 0.2) is 5.78 Å². The van der Waals surface area contributed by atoms with Gasteiger partial charge in [0.05, 0.1) is 5.56 Å². The van der Waals surface area contributed by atoms with Gasteiger partial charge in [-0.25, -0.2) is 4.98 Å². The van der Waals surface area contributed by atoms with Gasteiger partial charge in [0.2, 0.25) is 0 Å². The highest BCUT2D eigenvalue weighted by Crippen LogP contribution is 2.22. The maximum absolute atomic E-state index is 12.7. The van der Waals surface area contributed by atoms with Crippen LogP contribution < -0.4 is 5.32 Å². The van der Waals surface area contributed by atoms with Crippen molar-refractivity contribution in [3.8, 4) is 0 Å². The number of carbonyl (C=O) groups is 1. The molecular formula is C23H24N2OS. The van der Waals surface area contributed by atoms with Crippen LogP contribution in [0.4, 0.5) is 0 Å². The molecule has 0 radical (unpaired) electrons. The second-order valence-corrected chi connectivity index (χ2v) is 7.53. The van der Waals surface area contributed by atoms with Crippen molar-refractivity contribution < 1.29 is 4.79 Å². The smallest absolute Gasteiger partial charge is 0.195 e. The number of ketones is 1. The van der Waals surface area contributed by atoms with E-state index in [1.165, 1.54) is 5.56 Å². The molecule has 1 N–H and O–H groups in total. The lowest BCUT2D eigenvalue weighted by molar-refractivity contribution is 0.103. The van der Waals surface area contributed by atoms with Crippen LogP contribution in [0, 0.1) is 0 Å². The Morgan fingerprint density at radius 1 is 1.00 bits per heavy atom. The topological polar surface area (TPSA) is 42.0 Å². The maximum atomic E-state index is 12.7. The van der Waals surface area contributed by atoms with Crippen molar-refractivity contribution in [3.05, 3.63) is 95.7 Å². The quantitative estimate of drug-likeness (QED) is 0.336. The van der Waals surface area contributed by atoms with Crippen LogP contribution in [0.15, 0.2) is 84.0 Å². The highest BCUT2D eigenvalue weighted by atomic mass is 32.2. The van der Waals surface area contributed by atoms with Gasteiger partial charge in [-0.3, -0.25) is 4.79 Å². The minimum atomic E-state index is 0.0246. The third kappa shape index (κ3) is 5.78. The number of nitrogens with one attached hydrogen (secondary N) is 1. The second-order valence-electron chi connectivity index (χ2n) is 6.44. The predicted octanol–water partition coefficient (Wildman–Crippen LogP) is 4.63. The first kappa shape index (κ1) is 19.3. The Balaban J connectivity index is 1.52. The van der Waals surface area contributed by atoms with Crippen molar-refractivity contribution in [2.24, 2.45) is 0 Å². The van der Waals surface area contributed by atoms with E-state index in [0.717, 1.165) is 23.7 Å². The molecule has 2 aromatic carbocycles. The lowest BCUT2D eigenvalue weighted by Gasteiger charge is -2.14. The van der Waals surface area contributed by atoms with Crippen LogP contribution in [0.5, 0.6) is 0 Å². The third-order valence-corrected chi connectivity index (χ3v) is 5.28. The Morgan fingerprint density at radius 3 is 2.44 bits per heavy atom. The van der Waals surface area contributed by atoms with E-state index in [0.29, 0.717) is 17.2 Å². The summed E-state index contributed by atoms with van der Waals surface area (Å²) in [7, 11) is 0. The Bertz CT molecular complexity index is 853. The molecule has 3 aromatic rings. The monoisotopic (exact) mass is 376 g/mol. The fraction of sp³-hybridized carbons (Fsp3) is 0.217. The van der Waals surface area contributed by atoms with Crippen LogP contribution in [0.2, 0.25) is 0 Å². The maximum Gasteiger partial charge on any atom is 0.195 e. The number of nitrogens with zero attached hydrogens (tertiary/aromatic N) is 1. The Morgan fingerprint density at radius 2 is 1.70 bits per heavy atom. The number of carbonyl (C=O) groups excluding carboxylic acids is 1. The average Bonchev–Trinajstić information content (AvgIpc) is 2.72. The zero-order valence-electron chi connectivity index (χ0n) is 15.5. The van der Waals surface area contributed by atoms with Crippen molar-refractivity contribution in [1.29, 1.82) is 0 Å². The highest BCUT2D eigenvalue weighted by molar-refractivity contribution is 7.99. The van der Waals surface area contributed by atoms with E-state index in [1.54, 1.807) is 18.0 Å². The minimum Gasteiger partial charge on any atom is -0.313 e. The SMILES string of the molecule is CC(Cc1ccccc1)NCCSc1ncccc1C(=O)c1ccccc1. The van der Waals surface area contributed by atoms with Gasteiger partial charge in [-0.05, 0) is 31.0 Å². The molecule has 0 aliphatic rings. The minimum absolute atomic E-state index is 0.0246.